The summed E-state index contributed by atoms with van der Waals surface area (Å²) in [5.41, 5.74) is 5.69. The molecule has 0 aliphatic carbocycles. The Balaban J connectivity index is 3.95. The zero-order chi connectivity index (χ0) is 14.9. The number of carbonyl (C=O) groups is 2. The van der Waals surface area contributed by atoms with Crippen molar-refractivity contribution in [1.82, 2.24) is 5.32 Å². The molecule has 0 saturated carbocycles. The second kappa shape index (κ2) is 8.91. The maximum Gasteiger partial charge on any atom is 0.303 e. The molecule has 0 rings (SSSR count). The normalized spacial score (nSPS) is 13.1. The van der Waals surface area contributed by atoms with Crippen molar-refractivity contribution in [2.45, 2.75) is 65.3 Å². The molecule has 0 heterocycles. The molecule has 19 heavy (non-hydrogen) atoms. The van der Waals surface area contributed by atoms with Crippen LogP contribution in [0.25, 0.3) is 0 Å². The molecule has 0 spiro atoms. The van der Waals surface area contributed by atoms with Gasteiger partial charge in [-0.1, -0.05) is 40.0 Å². The van der Waals surface area contributed by atoms with Gasteiger partial charge in [-0.3, -0.25) is 9.59 Å². The Bertz CT molecular complexity index is 290. The number of carboxylic acid groups (broad SMARTS) is 1. The van der Waals surface area contributed by atoms with Gasteiger partial charge in [-0.2, -0.15) is 0 Å². The minimum absolute atomic E-state index is 0.0529. The lowest BCUT2D eigenvalue weighted by molar-refractivity contribution is -0.137. The number of rotatable bonds is 10. The van der Waals surface area contributed by atoms with E-state index >= 15 is 0 Å². The summed E-state index contributed by atoms with van der Waals surface area (Å²) in [7, 11) is 0. The lowest BCUT2D eigenvalue weighted by atomic mass is 9.87. The second-order valence-corrected chi connectivity index (χ2v) is 5.88. The molecule has 1 amide bonds. The first-order chi connectivity index (χ1) is 8.78. The molecule has 0 bridgehead atoms. The van der Waals surface area contributed by atoms with Gasteiger partial charge < -0.3 is 16.2 Å². The molecule has 4 N–H and O–H groups in total. The minimum Gasteiger partial charge on any atom is -0.481 e. The van der Waals surface area contributed by atoms with E-state index in [-0.39, 0.29) is 24.2 Å². The van der Waals surface area contributed by atoms with Crippen molar-refractivity contribution in [3.8, 4) is 0 Å². The number of hydrogen-bond acceptors (Lipinski definition) is 3. The quantitative estimate of drug-likeness (QED) is 0.530. The molecule has 1 unspecified atom stereocenters. The summed E-state index contributed by atoms with van der Waals surface area (Å²) in [6.45, 7) is 6.98. The van der Waals surface area contributed by atoms with Gasteiger partial charge in [-0.25, -0.2) is 0 Å². The SMILES string of the molecule is CCCCCC(C)(C)CNC(=O)C(N)CCC(=O)O. The highest BCUT2D eigenvalue weighted by Gasteiger charge is 2.21. The topological polar surface area (TPSA) is 92.4 Å². The molecule has 112 valence electrons. The van der Waals surface area contributed by atoms with Gasteiger partial charge in [-0.05, 0) is 18.3 Å². The van der Waals surface area contributed by atoms with Gasteiger partial charge in [0.2, 0.25) is 5.91 Å². The number of carbonyl (C=O) groups excluding carboxylic acids is 1. The van der Waals surface area contributed by atoms with Gasteiger partial charge in [0.25, 0.3) is 0 Å². The van der Waals surface area contributed by atoms with Crippen LogP contribution in [0.15, 0.2) is 0 Å². The van der Waals surface area contributed by atoms with Crippen LogP contribution in [0, 0.1) is 5.41 Å². The van der Waals surface area contributed by atoms with Gasteiger partial charge in [0.1, 0.15) is 0 Å². The fourth-order valence-corrected chi connectivity index (χ4v) is 1.81. The van der Waals surface area contributed by atoms with Crippen LogP contribution < -0.4 is 11.1 Å². The Labute approximate surface area is 115 Å². The van der Waals surface area contributed by atoms with Crippen LogP contribution in [0.5, 0.6) is 0 Å². The van der Waals surface area contributed by atoms with Crippen LogP contribution in [0.2, 0.25) is 0 Å². The predicted molar refractivity (Wildman–Crippen MR) is 75.8 cm³/mol. The van der Waals surface area contributed by atoms with Gasteiger partial charge >= 0.3 is 5.97 Å². The van der Waals surface area contributed by atoms with Crippen LogP contribution in [-0.2, 0) is 9.59 Å². The van der Waals surface area contributed by atoms with Crippen LogP contribution in [0.1, 0.15) is 59.3 Å². The van der Waals surface area contributed by atoms with Crippen LogP contribution in [0.3, 0.4) is 0 Å². The summed E-state index contributed by atoms with van der Waals surface area (Å²) >= 11 is 0. The molecule has 1 atom stereocenters. The monoisotopic (exact) mass is 272 g/mol. The molecular weight excluding hydrogens is 244 g/mol. The summed E-state index contributed by atoms with van der Waals surface area (Å²) in [6.07, 6.45) is 4.71. The van der Waals surface area contributed by atoms with Gasteiger partial charge in [0, 0.05) is 13.0 Å². The van der Waals surface area contributed by atoms with Crippen molar-refractivity contribution in [1.29, 1.82) is 0 Å². The van der Waals surface area contributed by atoms with E-state index in [1.807, 2.05) is 0 Å². The van der Waals surface area contributed by atoms with E-state index < -0.39 is 12.0 Å². The number of hydrogen-bond donors (Lipinski definition) is 3. The average Bonchev–Trinajstić information content (AvgIpc) is 2.33. The lowest BCUT2D eigenvalue weighted by Gasteiger charge is -2.25. The van der Waals surface area contributed by atoms with Crippen molar-refractivity contribution in [3.63, 3.8) is 0 Å². The molecule has 5 nitrogen and oxygen atoms in total. The Morgan fingerprint density at radius 3 is 2.47 bits per heavy atom. The second-order valence-electron chi connectivity index (χ2n) is 5.88. The molecule has 0 aromatic carbocycles. The highest BCUT2D eigenvalue weighted by atomic mass is 16.4. The number of aliphatic carboxylic acids is 1. The van der Waals surface area contributed by atoms with E-state index in [1.54, 1.807) is 0 Å². The molecule has 0 aliphatic rings. The third-order valence-corrected chi connectivity index (χ3v) is 3.20. The third-order valence-electron chi connectivity index (χ3n) is 3.20. The Kier molecular flexibility index (Phi) is 8.39. The van der Waals surface area contributed by atoms with E-state index in [0.717, 1.165) is 12.8 Å². The fraction of sp³-hybridized carbons (Fsp3) is 0.857. The van der Waals surface area contributed by atoms with E-state index in [4.69, 9.17) is 10.8 Å². The summed E-state index contributed by atoms with van der Waals surface area (Å²) in [4.78, 5) is 22.1. The number of carboxylic acids is 1. The van der Waals surface area contributed by atoms with Crippen LogP contribution >= 0.6 is 0 Å². The third kappa shape index (κ3) is 9.47. The maximum absolute atomic E-state index is 11.7. The summed E-state index contributed by atoms with van der Waals surface area (Å²) in [6, 6.07) is -0.734. The molecular formula is C14H28N2O3. The van der Waals surface area contributed by atoms with E-state index in [9.17, 15) is 9.59 Å². The van der Waals surface area contributed by atoms with Crippen molar-refractivity contribution in [2.24, 2.45) is 11.1 Å². The maximum atomic E-state index is 11.7. The molecule has 0 saturated heterocycles. The Morgan fingerprint density at radius 1 is 1.32 bits per heavy atom. The molecule has 5 heteroatoms. The largest absolute Gasteiger partial charge is 0.481 e. The first kappa shape index (κ1) is 17.9. The van der Waals surface area contributed by atoms with E-state index in [1.165, 1.54) is 12.8 Å². The lowest BCUT2D eigenvalue weighted by Crippen LogP contribution is -2.44. The Hall–Kier alpha value is -1.10. The van der Waals surface area contributed by atoms with Crippen LogP contribution in [0.4, 0.5) is 0 Å². The predicted octanol–water partition coefficient (Wildman–Crippen LogP) is 1.90. The summed E-state index contributed by atoms with van der Waals surface area (Å²) in [5, 5.41) is 11.4. The molecule has 0 aromatic heterocycles. The first-order valence-corrected chi connectivity index (χ1v) is 7.03. The zero-order valence-electron chi connectivity index (χ0n) is 12.4. The number of unbranched alkanes of at least 4 members (excludes halogenated alkanes) is 2. The highest BCUT2D eigenvalue weighted by molar-refractivity contribution is 5.82. The zero-order valence-corrected chi connectivity index (χ0v) is 12.4. The van der Waals surface area contributed by atoms with Gasteiger partial charge in [-0.15, -0.1) is 0 Å². The van der Waals surface area contributed by atoms with Crippen molar-refractivity contribution >= 4 is 11.9 Å². The van der Waals surface area contributed by atoms with Gasteiger partial charge in [0.05, 0.1) is 6.04 Å². The average molecular weight is 272 g/mol. The molecule has 0 aliphatic heterocycles. The molecule has 0 fully saturated rings. The smallest absolute Gasteiger partial charge is 0.303 e. The number of nitrogens with one attached hydrogen (secondary N) is 1. The highest BCUT2D eigenvalue weighted by Crippen LogP contribution is 2.22. The van der Waals surface area contributed by atoms with Crippen molar-refractivity contribution < 1.29 is 14.7 Å². The van der Waals surface area contributed by atoms with Crippen molar-refractivity contribution in [2.75, 3.05) is 6.54 Å². The number of nitrogens with two attached hydrogens (primary N) is 1. The van der Waals surface area contributed by atoms with Crippen LogP contribution in [-0.4, -0.2) is 29.6 Å². The van der Waals surface area contributed by atoms with Gasteiger partial charge in [0.15, 0.2) is 0 Å². The van der Waals surface area contributed by atoms with E-state index in [0.29, 0.717) is 6.54 Å². The van der Waals surface area contributed by atoms with Crippen molar-refractivity contribution in [3.05, 3.63) is 0 Å². The fourth-order valence-electron chi connectivity index (χ4n) is 1.81. The standard InChI is InChI=1S/C14H28N2O3/c1-4-5-6-9-14(2,3)10-16-13(19)11(15)7-8-12(17)18/h11H,4-10,15H2,1-3H3,(H,16,19)(H,17,18). The molecule has 0 aromatic rings. The summed E-state index contributed by atoms with van der Waals surface area (Å²) < 4.78 is 0. The van der Waals surface area contributed by atoms with E-state index in [2.05, 4.69) is 26.1 Å². The number of amides is 1. The summed E-state index contributed by atoms with van der Waals surface area (Å²) in [5.74, 6) is -1.19. The molecule has 0 radical (unpaired) electrons. The minimum atomic E-state index is -0.928. The Morgan fingerprint density at radius 2 is 1.95 bits per heavy atom. The first-order valence-electron chi connectivity index (χ1n) is 7.03.